The highest BCUT2D eigenvalue weighted by Gasteiger charge is 2.10. The van der Waals surface area contributed by atoms with Crippen LogP contribution in [0.3, 0.4) is 0 Å². The monoisotopic (exact) mass is 373 g/mol. The van der Waals surface area contributed by atoms with E-state index in [-0.39, 0.29) is 24.6 Å². The molecule has 0 unspecified atom stereocenters. The summed E-state index contributed by atoms with van der Waals surface area (Å²) in [7, 11) is 0. The summed E-state index contributed by atoms with van der Waals surface area (Å²) in [6, 6.07) is 6.74. The van der Waals surface area contributed by atoms with Crippen molar-refractivity contribution in [1.82, 2.24) is 23.6 Å². The molecule has 1 amide bonds. The molecule has 8 nitrogen and oxygen atoms in total. The quantitative estimate of drug-likeness (QED) is 0.558. The van der Waals surface area contributed by atoms with Crippen LogP contribution >= 0.6 is 23.1 Å². The van der Waals surface area contributed by atoms with Crippen LogP contribution in [0.15, 0.2) is 39.2 Å². The van der Waals surface area contributed by atoms with Gasteiger partial charge in [0.05, 0.1) is 17.2 Å². The third-order valence-electron chi connectivity index (χ3n) is 3.73. The predicted octanol–water partition coefficient (Wildman–Crippen LogP) is 1.19. The van der Waals surface area contributed by atoms with Crippen LogP contribution in [0.5, 0.6) is 0 Å². The minimum atomic E-state index is -0.486. The molecule has 3 heterocycles. The number of amides is 1. The van der Waals surface area contributed by atoms with Gasteiger partial charge < -0.3 is 10.3 Å². The van der Waals surface area contributed by atoms with Crippen LogP contribution in [-0.2, 0) is 6.54 Å². The molecule has 0 aliphatic rings. The average molecular weight is 373 g/mol. The standard InChI is InChI=1S/C15H11N5O3S2/c21-13(8-1-2-9-11(7-8)19-25-18-9)16-4-5-20-14(22)12-10(3-6-24-12)17-15(20)23/h1-3,6-7H,4-5H2,(H,16,21)(H,17,23). The zero-order valence-electron chi connectivity index (χ0n) is 12.7. The number of thiophene rings is 1. The molecule has 0 aliphatic carbocycles. The first kappa shape index (κ1) is 15.7. The summed E-state index contributed by atoms with van der Waals surface area (Å²) >= 11 is 2.36. The van der Waals surface area contributed by atoms with Gasteiger partial charge in [-0.2, -0.15) is 8.75 Å². The number of aromatic amines is 1. The van der Waals surface area contributed by atoms with Crippen molar-refractivity contribution in [2.45, 2.75) is 6.54 Å². The van der Waals surface area contributed by atoms with E-state index in [0.717, 1.165) is 21.8 Å². The van der Waals surface area contributed by atoms with E-state index in [2.05, 4.69) is 19.0 Å². The molecule has 0 spiro atoms. The SMILES string of the molecule is O=C(NCCn1c(=O)[nH]c2ccsc2c1=O)c1ccc2nsnc2c1. The summed E-state index contributed by atoms with van der Waals surface area (Å²) in [5.74, 6) is -0.295. The summed E-state index contributed by atoms with van der Waals surface area (Å²) in [6.45, 7) is 0.250. The van der Waals surface area contributed by atoms with Crippen molar-refractivity contribution in [1.29, 1.82) is 0 Å². The fourth-order valence-electron chi connectivity index (χ4n) is 2.48. The van der Waals surface area contributed by atoms with Crippen LogP contribution in [0.4, 0.5) is 0 Å². The molecule has 0 bridgehead atoms. The van der Waals surface area contributed by atoms with Gasteiger partial charge in [0.15, 0.2) is 0 Å². The highest BCUT2D eigenvalue weighted by atomic mass is 32.1. The van der Waals surface area contributed by atoms with E-state index in [9.17, 15) is 14.4 Å². The van der Waals surface area contributed by atoms with Crippen LogP contribution in [0.2, 0.25) is 0 Å². The minimum Gasteiger partial charge on any atom is -0.350 e. The number of carbonyl (C=O) groups is 1. The third-order valence-corrected chi connectivity index (χ3v) is 5.19. The zero-order chi connectivity index (χ0) is 17.4. The Labute approximate surface area is 148 Å². The lowest BCUT2D eigenvalue weighted by atomic mass is 10.2. The molecular formula is C15H11N5O3S2. The van der Waals surface area contributed by atoms with Gasteiger partial charge in [-0.3, -0.25) is 14.2 Å². The van der Waals surface area contributed by atoms with Crippen molar-refractivity contribution < 1.29 is 4.79 Å². The number of hydrogen-bond donors (Lipinski definition) is 2. The molecule has 126 valence electrons. The van der Waals surface area contributed by atoms with Crippen molar-refractivity contribution in [3.8, 4) is 0 Å². The number of H-pyrrole nitrogens is 1. The maximum absolute atomic E-state index is 12.3. The van der Waals surface area contributed by atoms with Crippen LogP contribution < -0.4 is 16.6 Å². The maximum atomic E-state index is 12.3. The highest BCUT2D eigenvalue weighted by molar-refractivity contribution is 7.17. The number of hydrogen-bond acceptors (Lipinski definition) is 7. The Morgan fingerprint density at radius 2 is 2.04 bits per heavy atom. The van der Waals surface area contributed by atoms with Crippen molar-refractivity contribution in [3.05, 3.63) is 56.0 Å². The van der Waals surface area contributed by atoms with E-state index in [4.69, 9.17) is 0 Å². The van der Waals surface area contributed by atoms with Gasteiger partial charge in [-0.15, -0.1) is 11.3 Å². The Kier molecular flexibility index (Phi) is 3.90. The van der Waals surface area contributed by atoms with Crippen molar-refractivity contribution >= 4 is 50.2 Å². The lowest BCUT2D eigenvalue weighted by molar-refractivity contribution is 0.0952. The van der Waals surface area contributed by atoms with E-state index in [0.29, 0.717) is 21.3 Å². The van der Waals surface area contributed by atoms with Gasteiger partial charge >= 0.3 is 5.69 Å². The summed E-state index contributed by atoms with van der Waals surface area (Å²) in [6.07, 6.45) is 0. The smallest absolute Gasteiger partial charge is 0.328 e. The molecule has 0 radical (unpaired) electrons. The molecule has 0 aliphatic heterocycles. The van der Waals surface area contributed by atoms with Crippen LogP contribution in [0, 0.1) is 0 Å². The lowest BCUT2D eigenvalue weighted by Crippen LogP contribution is -2.38. The first-order valence-electron chi connectivity index (χ1n) is 7.34. The van der Waals surface area contributed by atoms with Crippen molar-refractivity contribution in [2.24, 2.45) is 0 Å². The Morgan fingerprint density at radius 3 is 2.92 bits per heavy atom. The molecule has 1 aromatic carbocycles. The van der Waals surface area contributed by atoms with Gasteiger partial charge in [0.1, 0.15) is 15.7 Å². The average Bonchev–Trinajstić information content (AvgIpc) is 3.25. The Balaban J connectivity index is 1.49. The Morgan fingerprint density at radius 1 is 1.20 bits per heavy atom. The molecule has 4 rings (SSSR count). The molecule has 0 saturated carbocycles. The van der Waals surface area contributed by atoms with Crippen LogP contribution in [0.25, 0.3) is 21.3 Å². The van der Waals surface area contributed by atoms with Crippen LogP contribution in [-0.4, -0.2) is 30.8 Å². The second kappa shape index (κ2) is 6.22. The molecule has 0 atom stereocenters. The number of nitrogens with one attached hydrogen (secondary N) is 2. The van der Waals surface area contributed by atoms with Crippen LogP contribution in [0.1, 0.15) is 10.4 Å². The first-order valence-corrected chi connectivity index (χ1v) is 8.95. The molecule has 25 heavy (non-hydrogen) atoms. The topological polar surface area (TPSA) is 110 Å². The molecule has 0 saturated heterocycles. The largest absolute Gasteiger partial charge is 0.350 e. The van der Waals surface area contributed by atoms with Gasteiger partial charge in [0, 0.05) is 18.7 Å². The third kappa shape index (κ3) is 2.85. The molecule has 3 aromatic heterocycles. The number of benzene rings is 1. The first-order chi connectivity index (χ1) is 12.1. The summed E-state index contributed by atoms with van der Waals surface area (Å²) in [5.41, 5.74) is 1.55. The fourth-order valence-corrected chi connectivity index (χ4v) is 3.80. The minimum absolute atomic E-state index is 0.0915. The summed E-state index contributed by atoms with van der Waals surface area (Å²) in [4.78, 5) is 39.2. The molecule has 0 fully saturated rings. The number of carbonyl (C=O) groups excluding carboxylic acids is 1. The summed E-state index contributed by atoms with van der Waals surface area (Å²) in [5, 5.41) is 4.46. The van der Waals surface area contributed by atoms with Crippen molar-refractivity contribution in [2.75, 3.05) is 6.54 Å². The number of nitrogens with zero attached hydrogens (tertiary/aromatic N) is 3. The van der Waals surface area contributed by atoms with Gasteiger partial charge in [0.25, 0.3) is 11.5 Å². The van der Waals surface area contributed by atoms with Crippen molar-refractivity contribution in [3.63, 3.8) is 0 Å². The lowest BCUT2D eigenvalue weighted by Gasteiger charge is -2.07. The Bertz CT molecular complexity index is 1200. The van der Waals surface area contributed by atoms with Gasteiger partial charge in [0.2, 0.25) is 0 Å². The van der Waals surface area contributed by atoms with E-state index in [1.165, 1.54) is 11.3 Å². The number of rotatable bonds is 4. The summed E-state index contributed by atoms with van der Waals surface area (Å²) < 4.78 is 9.76. The second-order valence-electron chi connectivity index (χ2n) is 5.27. The van der Waals surface area contributed by atoms with E-state index >= 15 is 0 Å². The van der Waals surface area contributed by atoms with E-state index in [1.807, 2.05) is 0 Å². The Hall–Kier alpha value is -2.85. The zero-order valence-corrected chi connectivity index (χ0v) is 14.3. The van der Waals surface area contributed by atoms with E-state index < -0.39 is 5.69 Å². The molecule has 4 aromatic rings. The number of aromatic nitrogens is 4. The van der Waals surface area contributed by atoms with Gasteiger partial charge in [-0.1, -0.05) is 0 Å². The maximum Gasteiger partial charge on any atom is 0.328 e. The molecular weight excluding hydrogens is 362 g/mol. The number of fused-ring (bicyclic) bond motifs is 2. The molecule has 10 heteroatoms. The van der Waals surface area contributed by atoms with E-state index in [1.54, 1.807) is 29.6 Å². The molecule has 2 N–H and O–H groups in total. The second-order valence-corrected chi connectivity index (χ2v) is 6.72. The fraction of sp³-hybridized carbons (Fsp3) is 0.133. The van der Waals surface area contributed by atoms with Gasteiger partial charge in [-0.25, -0.2) is 4.79 Å². The van der Waals surface area contributed by atoms with Gasteiger partial charge in [-0.05, 0) is 29.6 Å². The normalized spacial score (nSPS) is 11.2. The predicted molar refractivity (Wildman–Crippen MR) is 96.5 cm³/mol. The highest BCUT2D eigenvalue weighted by Crippen LogP contribution is 2.13.